The largest absolute Gasteiger partial charge is 0.357 e. The fourth-order valence-corrected chi connectivity index (χ4v) is 2.37. The maximum absolute atomic E-state index is 5.78. The first-order valence-electron chi connectivity index (χ1n) is 5.56. The first-order chi connectivity index (χ1) is 7.31. The summed E-state index contributed by atoms with van der Waals surface area (Å²) in [5, 5.41) is 0. The Balaban J connectivity index is 2.13. The lowest BCUT2D eigenvalue weighted by Gasteiger charge is -2.25. The Labute approximate surface area is 96.3 Å². The first kappa shape index (κ1) is 10.7. The molecule has 1 aliphatic rings. The SMILES string of the molecule is CN(c1cccc(CCl)n1)C1CCCC1. The van der Waals surface area contributed by atoms with Crippen molar-refractivity contribution in [1.82, 2.24) is 4.98 Å². The summed E-state index contributed by atoms with van der Waals surface area (Å²) in [5.41, 5.74) is 0.957. The van der Waals surface area contributed by atoms with Crippen molar-refractivity contribution in [2.75, 3.05) is 11.9 Å². The smallest absolute Gasteiger partial charge is 0.128 e. The highest BCUT2D eigenvalue weighted by Gasteiger charge is 2.20. The van der Waals surface area contributed by atoms with E-state index in [9.17, 15) is 0 Å². The molecule has 0 N–H and O–H groups in total. The van der Waals surface area contributed by atoms with Crippen LogP contribution in [0.1, 0.15) is 31.4 Å². The number of nitrogens with zero attached hydrogens (tertiary/aromatic N) is 2. The molecular formula is C12H17ClN2. The molecule has 0 saturated heterocycles. The number of aromatic nitrogens is 1. The van der Waals surface area contributed by atoms with Gasteiger partial charge in [-0.25, -0.2) is 4.98 Å². The van der Waals surface area contributed by atoms with Crippen molar-refractivity contribution in [3.05, 3.63) is 23.9 Å². The molecule has 2 rings (SSSR count). The van der Waals surface area contributed by atoms with Crippen molar-refractivity contribution >= 4 is 17.4 Å². The van der Waals surface area contributed by atoms with E-state index in [0.29, 0.717) is 11.9 Å². The second kappa shape index (κ2) is 4.84. The van der Waals surface area contributed by atoms with E-state index in [1.54, 1.807) is 0 Å². The molecule has 0 radical (unpaired) electrons. The Morgan fingerprint density at radius 2 is 2.13 bits per heavy atom. The number of hydrogen-bond acceptors (Lipinski definition) is 2. The van der Waals surface area contributed by atoms with Crippen LogP contribution in [-0.4, -0.2) is 18.1 Å². The average molecular weight is 225 g/mol. The number of hydrogen-bond donors (Lipinski definition) is 0. The number of anilines is 1. The Morgan fingerprint density at radius 3 is 2.80 bits per heavy atom. The second-order valence-electron chi connectivity index (χ2n) is 4.17. The second-order valence-corrected chi connectivity index (χ2v) is 4.44. The topological polar surface area (TPSA) is 16.1 Å². The Hall–Kier alpha value is -0.760. The summed E-state index contributed by atoms with van der Waals surface area (Å²) in [5.74, 6) is 1.55. The maximum atomic E-state index is 5.78. The molecule has 0 unspecified atom stereocenters. The van der Waals surface area contributed by atoms with Crippen LogP contribution in [0.2, 0.25) is 0 Å². The highest BCUT2D eigenvalue weighted by Crippen LogP contribution is 2.25. The average Bonchev–Trinajstić information content (AvgIpc) is 2.81. The highest BCUT2D eigenvalue weighted by molar-refractivity contribution is 6.16. The maximum Gasteiger partial charge on any atom is 0.128 e. The summed E-state index contributed by atoms with van der Waals surface area (Å²) >= 11 is 5.78. The summed E-state index contributed by atoms with van der Waals surface area (Å²) in [7, 11) is 2.14. The summed E-state index contributed by atoms with van der Waals surface area (Å²) in [6.07, 6.45) is 5.29. The van der Waals surface area contributed by atoms with Gasteiger partial charge < -0.3 is 4.90 Å². The van der Waals surface area contributed by atoms with Crippen LogP contribution in [0.5, 0.6) is 0 Å². The quantitative estimate of drug-likeness (QED) is 0.733. The number of halogens is 1. The van der Waals surface area contributed by atoms with Gasteiger partial charge in [-0.15, -0.1) is 11.6 Å². The van der Waals surface area contributed by atoms with Gasteiger partial charge in [-0.2, -0.15) is 0 Å². The Morgan fingerprint density at radius 1 is 1.40 bits per heavy atom. The summed E-state index contributed by atoms with van der Waals surface area (Å²) in [6, 6.07) is 6.74. The van der Waals surface area contributed by atoms with E-state index in [1.807, 2.05) is 12.1 Å². The van der Waals surface area contributed by atoms with Gasteiger partial charge in [0.05, 0.1) is 11.6 Å². The van der Waals surface area contributed by atoms with E-state index in [4.69, 9.17) is 11.6 Å². The van der Waals surface area contributed by atoms with Crippen molar-refractivity contribution in [3.63, 3.8) is 0 Å². The molecule has 1 aromatic heterocycles. The molecule has 0 spiro atoms. The molecule has 0 amide bonds. The van der Waals surface area contributed by atoms with Crippen LogP contribution in [0.25, 0.3) is 0 Å². The normalized spacial score (nSPS) is 16.9. The molecule has 1 aliphatic carbocycles. The van der Waals surface area contributed by atoms with Gasteiger partial charge in [-0.1, -0.05) is 18.9 Å². The molecule has 1 fully saturated rings. The fraction of sp³-hybridized carbons (Fsp3) is 0.583. The molecule has 2 nitrogen and oxygen atoms in total. The summed E-state index contributed by atoms with van der Waals surface area (Å²) in [6.45, 7) is 0. The summed E-state index contributed by atoms with van der Waals surface area (Å²) in [4.78, 5) is 6.82. The molecule has 1 heterocycles. The first-order valence-corrected chi connectivity index (χ1v) is 6.09. The van der Waals surface area contributed by atoms with Crippen LogP contribution >= 0.6 is 11.6 Å². The molecule has 1 aromatic rings. The monoisotopic (exact) mass is 224 g/mol. The van der Waals surface area contributed by atoms with Crippen LogP contribution in [0.3, 0.4) is 0 Å². The molecule has 15 heavy (non-hydrogen) atoms. The van der Waals surface area contributed by atoms with Crippen LogP contribution in [0, 0.1) is 0 Å². The minimum Gasteiger partial charge on any atom is -0.357 e. The molecule has 0 aliphatic heterocycles. The van der Waals surface area contributed by atoms with E-state index >= 15 is 0 Å². The fourth-order valence-electron chi connectivity index (χ4n) is 2.22. The van der Waals surface area contributed by atoms with E-state index in [-0.39, 0.29) is 0 Å². The number of rotatable bonds is 3. The van der Waals surface area contributed by atoms with E-state index < -0.39 is 0 Å². The molecule has 1 saturated carbocycles. The zero-order valence-electron chi connectivity index (χ0n) is 9.12. The van der Waals surface area contributed by atoms with E-state index in [2.05, 4.69) is 23.0 Å². The van der Waals surface area contributed by atoms with Crippen LogP contribution in [0.4, 0.5) is 5.82 Å². The van der Waals surface area contributed by atoms with Crippen molar-refractivity contribution in [3.8, 4) is 0 Å². The molecule has 0 bridgehead atoms. The molecule has 3 heteroatoms. The van der Waals surface area contributed by atoms with Gasteiger partial charge in [-0.3, -0.25) is 0 Å². The minimum atomic E-state index is 0.492. The lowest BCUT2D eigenvalue weighted by molar-refractivity contribution is 0.645. The van der Waals surface area contributed by atoms with Crippen molar-refractivity contribution < 1.29 is 0 Å². The van der Waals surface area contributed by atoms with Gasteiger partial charge in [0.25, 0.3) is 0 Å². The van der Waals surface area contributed by atoms with Crippen LogP contribution < -0.4 is 4.90 Å². The molecule has 0 atom stereocenters. The molecule has 82 valence electrons. The van der Waals surface area contributed by atoms with Gasteiger partial charge in [0.2, 0.25) is 0 Å². The third kappa shape index (κ3) is 2.43. The zero-order chi connectivity index (χ0) is 10.7. The number of pyridine rings is 1. The van der Waals surface area contributed by atoms with Gasteiger partial charge in [-0.05, 0) is 25.0 Å². The Bertz CT molecular complexity index is 321. The minimum absolute atomic E-state index is 0.492. The lowest BCUT2D eigenvalue weighted by Crippen LogP contribution is -2.29. The molecular weight excluding hydrogens is 208 g/mol. The van der Waals surface area contributed by atoms with E-state index in [1.165, 1.54) is 25.7 Å². The Kier molecular flexibility index (Phi) is 3.47. The summed E-state index contributed by atoms with van der Waals surface area (Å²) < 4.78 is 0. The van der Waals surface area contributed by atoms with Crippen molar-refractivity contribution in [2.24, 2.45) is 0 Å². The van der Waals surface area contributed by atoms with Crippen molar-refractivity contribution in [2.45, 2.75) is 37.6 Å². The van der Waals surface area contributed by atoms with Crippen molar-refractivity contribution in [1.29, 1.82) is 0 Å². The standard InChI is InChI=1S/C12H17ClN2/c1-15(11-6-2-3-7-11)12-8-4-5-10(9-13)14-12/h4-5,8,11H,2-3,6-7,9H2,1H3. The van der Waals surface area contributed by atoms with Gasteiger partial charge >= 0.3 is 0 Å². The van der Waals surface area contributed by atoms with E-state index in [0.717, 1.165) is 11.5 Å². The highest BCUT2D eigenvalue weighted by atomic mass is 35.5. The predicted molar refractivity (Wildman–Crippen MR) is 64.5 cm³/mol. The zero-order valence-corrected chi connectivity index (χ0v) is 9.87. The number of alkyl halides is 1. The lowest BCUT2D eigenvalue weighted by atomic mass is 10.2. The van der Waals surface area contributed by atoms with Gasteiger partial charge in [0.1, 0.15) is 5.82 Å². The third-order valence-corrected chi connectivity index (χ3v) is 3.44. The predicted octanol–water partition coefficient (Wildman–Crippen LogP) is 3.20. The molecule has 0 aromatic carbocycles. The van der Waals surface area contributed by atoms with Crippen LogP contribution in [-0.2, 0) is 5.88 Å². The van der Waals surface area contributed by atoms with Gasteiger partial charge in [0.15, 0.2) is 0 Å². The third-order valence-electron chi connectivity index (χ3n) is 3.16. The van der Waals surface area contributed by atoms with Gasteiger partial charge in [0, 0.05) is 13.1 Å². The van der Waals surface area contributed by atoms with Crippen LogP contribution in [0.15, 0.2) is 18.2 Å².